The molecule has 0 unspecified atom stereocenters. The monoisotopic (exact) mass is 337 g/mol. The Balaban J connectivity index is 2.10. The van der Waals surface area contributed by atoms with Gasteiger partial charge in [0.1, 0.15) is 0 Å². The second-order valence-corrected chi connectivity index (χ2v) is 6.58. The summed E-state index contributed by atoms with van der Waals surface area (Å²) < 4.78 is 30.4. The number of amides is 1. The van der Waals surface area contributed by atoms with Gasteiger partial charge in [-0.15, -0.1) is 0 Å². The van der Waals surface area contributed by atoms with Gasteiger partial charge in [0.05, 0.1) is 0 Å². The topological polar surface area (TPSA) is 100 Å². The quantitative estimate of drug-likeness (QED) is 0.712. The zero-order valence-corrected chi connectivity index (χ0v) is 13.7. The summed E-state index contributed by atoms with van der Waals surface area (Å²) in [5.74, 6) is -0.584. The molecule has 0 spiro atoms. The minimum atomic E-state index is -3.71. The van der Waals surface area contributed by atoms with Crippen molar-refractivity contribution in [1.82, 2.24) is 10.0 Å². The second-order valence-electron chi connectivity index (χ2n) is 4.76. The van der Waals surface area contributed by atoms with Gasteiger partial charge < -0.3 is 15.1 Å². The van der Waals surface area contributed by atoms with Gasteiger partial charge >= 0.3 is 0 Å². The van der Waals surface area contributed by atoms with Crippen LogP contribution in [0.15, 0.2) is 45.9 Å². The molecule has 0 fully saturated rings. The highest BCUT2D eigenvalue weighted by Crippen LogP contribution is 2.16. The normalized spacial score (nSPS) is 11.4. The van der Waals surface area contributed by atoms with Gasteiger partial charge in [-0.3, -0.25) is 4.79 Å². The standard InChI is InChI=1S/C15H19N3O4S/c1-3-17-10-11-5-4-6-12(9-11)18-15(19)13-7-8-14(22-13)23(20,21)16-2/h4-9,16-17H,3,10H2,1-2H3,(H,18,19). The Kier molecular flexibility index (Phi) is 5.54. The first kappa shape index (κ1) is 17.2. The maximum absolute atomic E-state index is 12.1. The second kappa shape index (κ2) is 7.40. The lowest BCUT2D eigenvalue weighted by atomic mass is 10.2. The van der Waals surface area contributed by atoms with Crippen molar-refractivity contribution in [2.45, 2.75) is 18.6 Å². The highest BCUT2D eigenvalue weighted by atomic mass is 32.2. The average molecular weight is 337 g/mol. The van der Waals surface area contributed by atoms with E-state index in [1.807, 2.05) is 25.1 Å². The molecule has 7 nitrogen and oxygen atoms in total. The predicted octanol–water partition coefficient (Wildman–Crippen LogP) is 1.55. The molecule has 1 aromatic carbocycles. The molecule has 1 amide bonds. The molecular formula is C15H19N3O4S. The fraction of sp³-hybridized carbons (Fsp3) is 0.267. The van der Waals surface area contributed by atoms with Crippen LogP contribution >= 0.6 is 0 Å². The van der Waals surface area contributed by atoms with E-state index >= 15 is 0 Å². The summed E-state index contributed by atoms with van der Waals surface area (Å²) in [6.07, 6.45) is 0. The van der Waals surface area contributed by atoms with Crippen LogP contribution in [-0.2, 0) is 16.6 Å². The zero-order valence-electron chi connectivity index (χ0n) is 12.9. The van der Waals surface area contributed by atoms with Gasteiger partial charge in [-0.25, -0.2) is 13.1 Å². The van der Waals surface area contributed by atoms with Crippen molar-refractivity contribution in [2.24, 2.45) is 0 Å². The summed E-state index contributed by atoms with van der Waals surface area (Å²) in [6, 6.07) is 9.94. The Bertz CT molecular complexity index is 784. The van der Waals surface area contributed by atoms with E-state index in [0.717, 1.165) is 12.1 Å². The third-order valence-electron chi connectivity index (χ3n) is 3.10. The lowest BCUT2D eigenvalue weighted by molar-refractivity contribution is 0.0991. The van der Waals surface area contributed by atoms with E-state index in [1.165, 1.54) is 19.2 Å². The number of carbonyl (C=O) groups excluding carboxylic acids is 1. The molecule has 0 aliphatic rings. The predicted molar refractivity (Wildman–Crippen MR) is 86.7 cm³/mol. The number of rotatable bonds is 7. The van der Waals surface area contributed by atoms with E-state index in [9.17, 15) is 13.2 Å². The molecule has 0 saturated carbocycles. The molecular weight excluding hydrogens is 318 g/mol. The van der Waals surface area contributed by atoms with Gasteiger partial charge in [0.2, 0.25) is 5.09 Å². The third kappa shape index (κ3) is 4.41. The molecule has 1 heterocycles. The van der Waals surface area contributed by atoms with Crippen LogP contribution in [0.5, 0.6) is 0 Å². The summed E-state index contributed by atoms with van der Waals surface area (Å²) in [4.78, 5) is 12.1. The Morgan fingerprint density at radius 3 is 2.70 bits per heavy atom. The van der Waals surface area contributed by atoms with Crippen molar-refractivity contribution in [3.8, 4) is 0 Å². The number of furan rings is 1. The van der Waals surface area contributed by atoms with Crippen LogP contribution in [0.25, 0.3) is 0 Å². The van der Waals surface area contributed by atoms with Crippen molar-refractivity contribution in [2.75, 3.05) is 18.9 Å². The molecule has 2 rings (SSSR count). The molecule has 2 aromatic rings. The van der Waals surface area contributed by atoms with E-state index in [4.69, 9.17) is 4.42 Å². The number of sulfonamides is 1. The van der Waals surface area contributed by atoms with Crippen LogP contribution in [0.1, 0.15) is 23.0 Å². The lowest BCUT2D eigenvalue weighted by Crippen LogP contribution is -2.18. The van der Waals surface area contributed by atoms with Crippen LogP contribution < -0.4 is 15.4 Å². The van der Waals surface area contributed by atoms with E-state index in [2.05, 4.69) is 15.4 Å². The van der Waals surface area contributed by atoms with Crippen molar-refractivity contribution in [3.63, 3.8) is 0 Å². The van der Waals surface area contributed by atoms with Gasteiger partial charge in [0.25, 0.3) is 15.9 Å². The Hall–Kier alpha value is -2.16. The molecule has 0 bridgehead atoms. The van der Waals surface area contributed by atoms with Crippen LogP contribution in [0.2, 0.25) is 0 Å². The number of benzene rings is 1. The summed E-state index contributed by atoms with van der Waals surface area (Å²) in [5, 5.41) is 5.58. The Labute approximate surface area is 135 Å². The molecule has 3 N–H and O–H groups in total. The summed E-state index contributed by atoms with van der Waals surface area (Å²) >= 11 is 0. The van der Waals surface area contributed by atoms with Crippen LogP contribution in [0.3, 0.4) is 0 Å². The minimum absolute atomic E-state index is 0.0732. The molecule has 0 atom stereocenters. The summed E-state index contributed by atoms with van der Waals surface area (Å²) in [5.41, 5.74) is 1.64. The molecule has 0 radical (unpaired) electrons. The Morgan fingerprint density at radius 1 is 1.22 bits per heavy atom. The summed E-state index contributed by atoms with van der Waals surface area (Å²) in [6.45, 7) is 3.57. The number of hydrogen-bond donors (Lipinski definition) is 3. The minimum Gasteiger partial charge on any atom is -0.438 e. The third-order valence-corrected chi connectivity index (χ3v) is 4.39. The molecule has 0 saturated heterocycles. The summed E-state index contributed by atoms with van der Waals surface area (Å²) in [7, 11) is -2.43. The first-order valence-corrected chi connectivity index (χ1v) is 8.59. The van der Waals surface area contributed by atoms with Crippen molar-refractivity contribution in [1.29, 1.82) is 0 Å². The molecule has 124 valence electrons. The first-order valence-electron chi connectivity index (χ1n) is 7.10. The van der Waals surface area contributed by atoms with E-state index < -0.39 is 15.9 Å². The molecule has 1 aromatic heterocycles. The molecule has 23 heavy (non-hydrogen) atoms. The molecule has 0 aliphatic carbocycles. The smallest absolute Gasteiger partial charge is 0.291 e. The van der Waals surface area contributed by atoms with Crippen LogP contribution in [-0.4, -0.2) is 27.9 Å². The largest absolute Gasteiger partial charge is 0.438 e. The average Bonchev–Trinajstić information content (AvgIpc) is 3.04. The van der Waals surface area contributed by atoms with Crippen molar-refractivity contribution >= 4 is 21.6 Å². The zero-order chi connectivity index (χ0) is 16.9. The highest BCUT2D eigenvalue weighted by molar-refractivity contribution is 7.89. The van der Waals surface area contributed by atoms with Gasteiger partial charge in [-0.2, -0.15) is 0 Å². The highest BCUT2D eigenvalue weighted by Gasteiger charge is 2.19. The fourth-order valence-electron chi connectivity index (χ4n) is 1.91. The maximum atomic E-state index is 12.1. The van der Waals surface area contributed by atoms with E-state index in [0.29, 0.717) is 12.2 Å². The fourth-order valence-corrected chi connectivity index (χ4v) is 2.56. The molecule has 0 aliphatic heterocycles. The number of carbonyl (C=O) groups is 1. The van der Waals surface area contributed by atoms with Crippen LogP contribution in [0, 0.1) is 0 Å². The Morgan fingerprint density at radius 2 is 2.00 bits per heavy atom. The van der Waals surface area contributed by atoms with Gasteiger partial charge in [-0.05, 0) is 43.4 Å². The first-order chi connectivity index (χ1) is 11.0. The lowest BCUT2D eigenvalue weighted by Gasteiger charge is -2.07. The van der Waals surface area contributed by atoms with Crippen molar-refractivity contribution < 1.29 is 17.6 Å². The van der Waals surface area contributed by atoms with Crippen LogP contribution in [0.4, 0.5) is 5.69 Å². The van der Waals surface area contributed by atoms with Gasteiger partial charge in [0, 0.05) is 12.2 Å². The molecule has 8 heteroatoms. The van der Waals surface area contributed by atoms with Gasteiger partial charge in [-0.1, -0.05) is 19.1 Å². The maximum Gasteiger partial charge on any atom is 0.291 e. The van der Waals surface area contributed by atoms with Crippen molar-refractivity contribution in [3.05, 3.63) is 47.7 Å². The van der Waals surface area contributed by atoms with E-state index in [1.54, 1.807) is 6.07 Å². The SMILES string of the molecule is CCNCc1cccc(NC(=O)c2ccc(S(=O)(=O)NC)o2)c1. The number of hydrogen-bond acceptors (Lipinski definition) is 5. The number of nitrogens with one attached hydrogen (secondary N) is 3. The van der Waals surface area contributed by atoms with E-state index in [-0.39, 0.29) is 10.9 Å². The van der Waals surface area contributed by atoms with Gasteiger partial charge in [0.15, 0.2) is 5.76 Å². The number of anilines is 1.